The first-order valence-electron chi connectivity index (χ1n) is 16.5. The lowest BCUT2D eigenvalue weighted by Crippen LogP contribution is -2.21. The molecule has 8 rings (SSSR count). The van der Waals surface area contributed by atoms with Crippen LogP contribution in [0.15, 0.2) is 112 Å². The number of hydrogen-bond acceptors (Lipinski definition) is 7. The number of aromatic hydroxyl groups is 1. The number of aliphatic imine (C=N–C) groups is 1. The van der Waals surface area contributed by atoms with Crippen molar-refractivity contribution >= 4 is 102 Å². The molecule has 0 aliphatic carbocycles. The summed E-state index contributed by atoms with van der Waals surface area (Å²) in [5.74, 6) is -0.214. The number of phenols is 1. The molecule has 6 aromatic carbocycles. The molecule has 0 saturated heterocycles. The van der Waals surface area contributed by atoms with Crippen molar-refractivity contribution in [1.82, 2.24) is 10.3 Å². The van der Waals surface area contributed by atoms with E-state index in [9.17, 15) is 9.90 Å². The van der Waals surface area contributed by atoms with Gasteiger partial charge in [-0.05, 0) is 66.4 Å². The SMILES string of the molecule is CC.Cc1c(Cl)c(Cl)c2c(c1Cl)C(=O)NC2=Nc1ccc(N=Nc2c(O)c(CONc3ccccc3)cc3ccc4c5ccccc5[nH]c4c23)cc1. The Morgan fingerprint density at radius 3 is 2.27 bits per heavy atom. The predicted octanol–water partition coefficient (Wildman–Crippen LogP) is 12.3. The Kier molecular flexibility index (Phi) is 9.85. The fraction of sp³-hybridized carbons (Fsp3) is 0.100. The van der Waals surface area contributed by atoms with E-state index in [4.69, 9.17) is 39.6 Å². The molecule has 260 valence electrons. The number of carbonyl (C=O) groups is 1. The van der Waals surface area contributed by atoms with Crippen molar-refractivity contribution in [3.63, 3.8) is 0 Å². The summed E-state index contributed by atoms with van der Waals surface area (Å²) in [7, 11) is 0. The van der Waals surface area contributed by atoms with Crippen LogP contribution in [0.5, 0.6) is 5.75 Å². The third kappa shape index (κ3) is 6.33. The second kappa shape index (κ2) is 14.7. The van der Waals surface area contributed by atoms with Gasteiger partial charge in [-0.2, -0.15) is 5.11 Å². The number of fused-ring (bicyclic) bond motifs is 6. The summed E-state index contributed by atoms with van der Waals surface area (Å²) in [6.45, 7) is 5.77. The quantitative estimate of drug-likeness (QED) is 0.0735. The van der Waals surface area contributed by atoms with Crippen LogP contribution in [0.25, 0.3) is 32.6 Å². The summed E-state index contributed by atoms with van der Waals surface area (Å²) in [6.07, 6.45) is 0. The highest BCUT2D eigenvalue weighted by Gasteiger charge is 2.33. The summed E-state index contributed by atoms with van der Waals surface area (Å²) >= 11 is 19.3. The van der Waals surface area contributed by atoms with E-state index >= 15 is 0 Å². The molecule has 1 aliphatic rings. The van der Waals surface area contributed by atoms with E-state index in [0.29, 0.717) is 33.8 Å². The van der Waals surface area contributed by atoms with Gasteiger partial charge >= 0.3 is 0 Å². The van der Waals surface area contributed by atoms with Crippen LogP contribution in [0, 0.1) is 6.92 Å². The zero-order valence-corrected chi connectivity index (χ0v) is 30.5. The molecular weight excluding hydrogens is 719 g/mol. The Labute approximate surface area is 313 Å². The standard InChI is InChI=1S/C38H25Cl3N6O3.C2H6/c1-19-31(39)30-29(33(41)32(19)40)37(44-38(30)49)42-22-12-14-23(15-13-22)45-46-35-28-20(11-16-26-25-9-5-6-10-27(25)43-34(26)28)17-21(36(35)48)18-50-47-24-7-3-2-4-8-24;1-2/h2-17,43,47-48H,18H2,1H3,(H,42,44,49);1-2H3. The molecular formula is C40H31Cl3N6O3. The smallest absolute Gasteiger partial charge is 0.259 e. The first kappa shape index (κ1) is 35.0. The number of halogens is 3. The third-order valence-corrected chi connectivity index (χ3v) is 10.0. The maximum atomic E-state index is 12.7. The molecule has 12 heteroatoms. The number of anilines is 1. The number of carbonyl (C=O) groups excluding carboxylic acids is 1. The fourth-order valence-electron chi connectivity index (χ4n) is 6.11. The molecule has 0 spiro atoms. The number of nitrogens with one attached hydrogen (secondary N) is 3. The molecule has 9 nitrogen and oxygen atoms in total. The lowest BCUT2D eigenvalue weighted by Gasteiger charge is -2.13. The van der Waals surface area contributed by atoms with Crippen molar-refractivity contribution in [3.05, 3.63) is 134 Å². The van der Waals surface area contributed by atoms with E-state index in [2.05, 4.69) is 43.1 Å². The first-order chi connectivity index (χ1) is 25.3. The van der Waals surface area contributed by atoms with Gasteiger partial charge in [0.05, 0.1) is 48.8 Å². The van der Waals surface area contributed by atoms with E-state index < -0.39 is 5.91 Å². The van der Waals surface area contributed by atoms with Gasteiger partial charge in [-0.1, -0.05) is 97.2 Å². The number of rotatable bonds is 7. The highest BCUT2D eigenvalue weighted by Crippen LogP contribution is 2.44. The van der Waals surface area contributed by atoms with Gasteiger partial charge < -0.3 is 15.4 Å². The number of aromatic nitrogens is 1. The zero-order chi connectivity index (χ0) is 36.5. The van der Waals surface area contributed by atoms with Gasteiger partial charge in [0.2, 0.25) is 0 Å². The van der Waals surface area contributed by atoms with Crippen LogP contribution in [0.3, 0.4) is 0 Å². The van der Waals surface area contributed by atoms with Crippen molar-refractivity contribution in [2.75, 3.05) is 5.48 Å². The number of phenolic OH excluding ortho intramolecular Hbond substituents is 1. The zero-order valence-electron chi connectivity index (χ0n) is 28.2. The first-order valence-corrected chi connectivity index (χ1v) is 17.6. The second-order valence-corrected chi connectivity index (χ2v) is 12.8. The maximum Gasteiger partial charge on any atom is 0.259 e. The lowest BCUT2D eigenvalue weighted by atomic mass is 10.0. The highest BCUT2D eigenvalue weighted by atomic mass is 35.5. The van der Waals surface area contributed by atoms with Crippen LogP contribution in [0.4, 0.5) is 22.7 Å². The fourth-order valence-corrected chi connectivity index (χ4v) is 6.95. The van der Waals surface area contributed by atoms with E-state index in [0.717, 1.165) is 38.3 Å². The van der Waals surface area contributed by atoms with Crippen LogP contribution < -0.4 is 10.8 Å². The van der Waals surface area contributed by atoms with Crippen molar-refractivity contribution in [2.24, 2.45) is 15.2 Å². The molecule has 0 atom stereocenters. The van der Waals surface area contributed by atoms with E-state index in [1.165, 1.54) is 0 Å². The van der Waals surface area contributed by atoms with Crippen LogP contribution in [0.2, 0.25) is 15.1 Å². The number of para-hydroxylation sites is 2. The van der Waals surface area contributed by atoms with Crippen molar-refractivity contribution in [3.8, 4) is 5.75 Å². The Morgan fingerprint density at radius 1 is 0.788 bits per heavy atom. The average molecular weight is 750 g/mol. The van der Waals surface area contributed by atoms with Crippen LogP contribution in [-0.4, -0.2) is 21.8 Å². The summed E-state index contributed by atoms with van der Waals surface area (Å²) < 4.78 is 0. The lowest BCUT2D eigenvalue weighted by molar-refractivity contribution is 0.0983. The summed E-state index contributed by atoms with van der Waals surface area (Å²) in [5.41, 5.74) is 8.48. The minimum absolute atomic E-state index is 0.0506. The molecule has 52 heavy (non-hydrogen) atoms. The monoisotopic (exact) mass is 748 g/mol. The molecule has 0 bridgehead atoms. The Hall–Kier alpha value is -5.45. The number of nitrogens with zero attached hydrogens (tertiary/aromatic N) is 3. The number of hydrogen-bond donors (Lipinski definition) is 4. The molecule has 2 heterocycles. The van der Waals surface area contributed by atoms with Gasteiger partial charge in [-0.15, -0.1) is 5.11 Å². The molecule has 0 fully saturated rings. The van der Waals surface area contributed by atoms with Crippen molar-refractivity contribution < 1.29 is 14.7 Å². The molecule has 4 N–H and O–H groups in total. The molecule has 0 saturated carbocycles. The molecule has 1 aliphatic heterocycles. The normalized spacial score (nSPS) is 13.2. The number of amidine groups is 1. The Morgan fingerprint density at radius 2 is 1.50 bits per heavy atom. The van der Waals surface area contributed by atoms with E-state index in [-0.39, 0.29) is 38.8 Å². The average Bonchev–Trinajstić information content (AvgIpc) is 3.71. The summed E-state index contributed by atoms with van der Waals surface area (Å²) in [4.78, 5) is 26.6. The molecule has 1 aromatic heterocycles. The number of azo groups is 1. The second-order valence-electron chi connectivity index (χ2n) is 11.7. The van der Waals surface area contributed by atoms with Crippen LogP contribution in [-0.2, 0) is 11.4 Å². The molecule has 1 amide bonds. The van der Waals surface area contributed by atoms with Crippen LogP contribution in [0.1, 0.15) is 40.9 Å². The minimum atomic E-state index is -0.407. The highest BCUT2D eigenvalue weighted by molar-refractivity contribution is 6.49. The van der Waals surface area contributed by atoms with Crippen molar-refractivity contribution in [1.29, 1.82) is 0 Å². The van der Waals surface area contributed by atoms with Gasteiger partial charge in [-0.3, -0.25) is 15.1 Å². The van der Waals surface area contributed by atoms with Gasteiger partial charge in [0.15, 0.2) is 0 Å². The largest absolute Gasteiger partial charge is 0.505 e. The maximum absolute atomic E-state index is 12.7. The minimum Gasteiger partial charge on any atom is -0.505 e. The molecule has 7 aromatic rings. The topological polar surface area (TPSA) is 123 Å². The third-order valence-electron chi connectivity index (χ3n) is 8.59. The predicted molar refractivity (Wildman–Crippen MR) is 212 cm³/mol. The van der Waals surface area contributed by atoms with E-state index in [1.54, 1.807) is 31.2 Å². The van der Waals surface area contributed by atoms with Gasteiger partial charge in [-0.25, -0.2) is 4.99 Å². The number of aromatic amines is 1. The summed E-state index contributed by atoms with van der Waals surface area (Å²) in [5, 5.41) is 27.8. The Balaban J connectivity index is 0.00000207. The van der Waals surface area contributed by atoms with Gasteiger partial charge in [0, 0.05) is 27.2 Å². The number of benzene rings is 6. The van der Waals surface area contributed by atoms with Crippen molar-refractivity contribution in [2.45, 2.75) is 27.4 Å². The summed E-state index contributed by atoms with van der Waals surface area (Å²) in [6, 6.07) is 30.4. The molecule has 0 unspecified atom stereocenters. The van der Waals surface area contributed by atoms with E-state index in [1.807, 2.05) is 74.5 Å². The Bertz CT molecular complexity index is 2570. The van der Waals surface area contributed by atoms with Gasteiger partial charge in [0.1, 0.15) is 23.9 Å². The number of H-pyrrole nitrogens is 1. The molecule has 0 radical (unpaired) electrons. The number of amides is 1. The van der Waals surface area contributed by atoms with Crippen LogP contribution >= 0.6 is 34.8 Å². The van der Waals surface area contributed by atoms with Gasteiger partial charge in [0.25, 0.3) is 5.91 Å².